The molecule has 0 spiro atoms. The van der Waals surface area contributed by atoms with Gasteiger partial charge >= 0.3 is 5.97 Å². The molecule has 1 aromatic heterocycles. The fraction of sp³-hybridized carbons (Fsp3) is 0.500. The number of esters is 1. The number of ether oxygens (including phenoxy) is 1. The average molecular weight is 441 g/mol. The third-order valence-electron chi connectivity index (χ3n) is 9.30. The van der Waals surface area contributed by atoms with Crippen LogP contribution in [-0.2, 0) is 23.1 Å². The van der Waals surface area contributed by atoms with Crippen molar-refractivity contribution in [3.63, 3.8) is 0 Å². The van der Waals surface area contributed by atoms with Gasteiger partial charge in [-0.25, -0.2) is 0 Å². The molecule has 0 N–H and O–H groups in total. The molecule has 1 heterocycles. The zero-order valence-electron chi connectivity index (χ0n) is 19.5. The molecule has 4 saturated carbocycles. The minimum Gasteiger partial charge on any atom is -0.461 e. The second-order valence-electron chi connectivity index (χ2n) is 11.6. The monoisotopic (exact) mass is 440 g/mol. The normalized spacial score (nSPS) is 32.2. The number of aryl methyl sites for hydroxylation is 3. The Morgan fingerprint density at radius 1 is 0.970 bits per heavy atom. The van der Waals surface area contributed by atoms with Gasteiger partial charge in [0.05, 0.1) is 5.41 Å². The summed E-state index contributed by atoms with van der Waals surface area (Å²) in [6, 6.07) is 15.1. The van der Waals surface area contributed by atoms with Crippen molar-refractivity contribution in [1.29, 1.82) is 0 Å². The van der Waals surface area contributed by atoms with Gasteiger partial charge in [0.25, 0.3) is 0 Å². The van der Waals surface area contributed by atoms with E-state index < -0.39 is 0 Å². The first kappa shape index (κ1) is 19.9. The van der Waals surface area contributed by atoms with E-state index in [1.807, 2.05) is 12.1 Å². The maximum atomic E-state index is 13.8. The standard InChI is InChI=1S/C30H32O3/c1-19-6-8-22(9-7-19)29-14-20-12-21(15-29)17-30(16-20,18-29)28(31)32-23-10-11-27-25(13-23)24-4-2-3-5-26(24)33-27/h6-11,13,20-21H,2-5,12,14-18H2,1H3. The van der Waals surface area contributed by atoms with Crippen molar-refractivity contribution in [2.45, 2.75) is 76.5 Å². The zero-order valence-corrected chi connectivity index (χ0v) is 19.5. The zero-order chi connectivity index (χ0) is 22.2. The Kier molecular flexibility index (Phi) is 4.20. The number of furan rings is 1. The lowest BCUT2D eigenvalue weighted by Gasteiger charge is -2.61. The van der Waals surface area contributed by atoms with Gasteiger partial charge < -0.3 is 9.15 Å². The molecule has 5 aliphatic rings. The molecule has 2 atom stereocenters. The fourth-order valence-electron chi connectivity index (χ4n) is 8.27. The Balaban J connectivity index is 1.21. The van der Waals surface area contributed by atoms with Gasteiger partial charge in [-0.3, -0.25) is 4.79 Å². The minimum absolute atomic E-state index is 0.00444. The smallest absolute Gasteiger partial charge is 0.317 e. The van der Waals surface area contributed by atoms with Crippen LogP contribution in [0.2, 0.25) is 0 Å². The van der Waals surface area contributed by atoms with Gasteiger partial charge in [0.15, 0.2) is 0 Å². The van der Waals surface area contributed by atoms with Gasteiger partial charge in [0.2, 0.25) is 0 Å². The van der Waals surface area contributed by atoms with E-state index in [0.717, 1.165) is 48.8 Å². The van der Waals surface area contributed by atoms with Crippen molar-refractivity contribution in [2.75, 3.05) is 0 Å². The molecule has 4 bridgehead atoms. The summed E-state index contributed by atoms with van der Waals surface area (Å²) < 4.78 is 12.3. The lowest BCUT2D eigenvalue weighted by Crippen LogP contribution is -2.57. The Hall–Kier alpha value is -2.55. The van der Waals surface area contributed by atoms with E-state index >= 15 is 0 Å². The molecule has 33 heavy (non-hydrogen) atoms. The number of carbonyl (C=O) groups is 1. The quantitative estimate of drug-likeness (QED) is 0.323. The predicted molar refractivity (Wildman–Crippen MR) is 128 cm³/mol. The molecule has 2 aromatic carbocycles. The van der Waals surface area contributed by atoms with Crippen LogP contribution in [0, 0.1) is 24.2 Å². The first-order valence-corrected chi connectivity index (χ1v) is 12.9. The first-order chi connectivity index (χ1) is 16.0. The van der Waals surface area contributed by atoms with E-state index in [9.17, 15) is 4.79 Å². The summed E-state index contributed by atoms with van der Waals surface area (Å²) >= 11 is 0. The predicted octanol–water partition coefficient (Wildman–Crippen LogP) is 7.06. The van der Waals surface area contributed by atoms with Crippen LogP contribution >= 0.6 is 0 Å². The van der Waals surface area contributed by atoms with Gasteiger partial charge in [-0.1, -0.05) is 29.8 Å². The van der Waals surface area contributed by atoms with Gasteiger partial charge in [-0.2, -0.15) is 0 Å². The van der Waals surface area contributed by atoms with Crippen molar-refractivity contribution in [2.24, 2.45) is 17.3 Å². The Bertz CT molecular complexity index is 1230. The molecule has 2 unspecified atom stereocenters. The van der Waals surface area contributed by atoms with E-state index in [4.69, 9.17) is 9.15 Å². The van der Waals surface area contributed by atoms with E-state index in [1.54, 1.807) is 0 Å². The molecule has 0 aliphatic heterocycles. The summed E-state index contributed by atoms with van der Waals surface area (Å²) in [5.41, 5.74) is 4.79. The molecule has 0 radical (unpaired) electrons. The van der Waals surface area contributed by atoms with Crippen molar-refractivity contribution < 1.29 is 13.9 Å². The molecule has 4 fully saturated rings. The molecule has 0 amide bonds. The average Bonchev–Trinajstić information content (AvgIpc) is 3.17. The molecule has 3 heteroatoms. The summed E-state index contributed by atoms with van der Waals surface area (Å²) in [6.07, 6.45) is 11.2. The van der Waals surface area contributed by atoms with Crippen molar-refractivity contribution in [3.8, 4) is 5.75 Å². The van der Waals surface area contributed by atoms with Crippen LogP contribution in [0.4, 0.5) is 0 Å². The largest absolute Gasteiger partial charge is 0.461 e. The molecular weight excluding hydrogens is 408 g/mol. The second-order valence-corrected chi connectivity index (χ2v) is 11.6. The second kappa shape index (κ2) is 6.98. The summed E-state index contributed by atoms with van der Waals surface area (Å²) in [7, 11) is 0. The molecule has 0 saturated heterocycles. The van der Waals surface area contributed by atoms with E-state index in [-0.39, 0.29) is 16.8 Å². The number of carbonyl (C=O) groups excluding carboxylic acids is 1. The highest BCUT2D eigenvalue weighted by Gasteiger charge is 2.61. The minimum atomic E-state index is -0.334. The Labute approximate surface area is 195 Å². The third kappa shape index (κ3) is 3.04. The summed E-state index contributed by atoms with van der Waals surface area (Å²) in [4.78, 5) is 13.8. The molecule has 3 aromatic rings. The number of benzene rings is 2. The summed E-state index contributed by atoms with van der Waals surface area (Å²) in [6.45, 7) is 2.15. The van der Waals surface area contributed by atoms with Crippen LogP contribution in [0.1, 0.15) is 73.8 Å². The number of hydrogen-bond donors (Lipinski definition) is 0. The molecule has 5 aliphatic carbocycles. The van der Waals surface area contributed by atoms with E-state index in [2.05, 4.69) is 37.3 Å². The van der Waals surface area contributed by atoms with Gasteiger partial charge in [-0.15, -0.1) is 0 Å². The van der Waals surface area contributed by atoms with E-state index in [1.165, 1.54) is 48.8 Å². The summed E-state index contributed by atoms with van der Waals surface area (Å²) in [5.74, 6) is 3.10. The molecule has 3 nitrogen and oxygen atoms in total. The highest BCUT2D eigenvalue weighted by molar-refractivity contribution is 5.86. The maximum absolute atomic E-state index is 13.8. The summed E-state index contributed by atoms with van der Waals surface area (Å²) in [5, 5.41) is 1.14. The fourth-order valence-corrected chi connectivity index (χ4v) is 8.27. The Morgan fingerprint density at radius 3 is 2.52 bits per heavy atom. The molecular formula is C30H32O3. The number of fused-ring (bicyclic) bond motifs is 3. The third-order valence-corrected chi connectivity index (χ3v) is 9.30. The van der Waals surface area contributed by atoms with Crippen LogP contribution in [0.15, 0.2) is 46.9 Å². The first-order valence-electron chi connectivity index (χ1n) is 12.9. The van der Waals surface area contributed by atoms with Gasteiger partial charge in [0.1, 0.15) is 17.1 Å². The van der Waals surface area contributed by atoms with Gasteiger partial charge in [-0.05, 0) is 106 Å². The highest BCUT2D eigenvalue weighted by atomic mass is 16.5. The van der Waals surface area contributed by atoms with Crippen LogP contribution < -0.4 is 4.74 Å². The van der Waals surface area contributed by atoms with Crippen LogP contribution in [0.3, 0.4) is 0 Å². The van der Waals surface area contributed by atoms with Crippen LogP contribution in [0.5, 0.6) is 5.75 Å². The van der Waals surface area contributed by atoms with Crippen LogP contribution in [0.25, 0.3) is 11.0 Å². The lowest BCUT2D eigenvalue weighted by molar-refractivity contribution is -0.164. The number of hydrogen-bond acceptors (Lipinski definition) is 3. The van der Waals surface area contributed by atoms with E-state index in [0.29, 0.717) is 17.6 Å². The van der Waals surface area contributed by atoms with Crippen molar-refractivity contribution in [3.05, 3.63) is 64.9 Å². The van der Waals surface area contributed by atoms with Crippen molar-refractivity contribution in [1.82, 2.24) is 0 Å². The van der Waals surface area contributed by atoms with Crippen LogP contribution in [-0.4, -0.2) is 5.97 Å². The molecule has 8 rings (SSSR count). The SMILES string of the molecule is Cc1ccc(C23CC4CC(CC(C(=O)Oc5ccc6oc7c(c6c5)CCCC7)(C4)C2)C3)cc1. The lowest BCUT2D eigenvalue weighted by atomic mass is 9.43. The maximum Gasteiger partial charge on any atom is 0.317 e. The van der Waals surface area contributed by atoms with Gasteiger partial charge in [0, 0.05) is 17.4 Å². The number of rotatable bonds is 3. The topological polar surface area (TPSA) is 39.4 Å². The Morgan fingerprint density at radius 2 is 1.73 bits per heavy atom. The van der Waals surface area contributed by atoms with Crippen molar-refractivity contribution >= 4 is 16.9 Å². The molecule has 170 valence electrons. The highest BCUT2D eigenvalue weighted by Crippen LogP contribution is 2.66.